The molecule has 0 fully saturated rings. The van der Waals surface area contributed by atoms with E-state index in [1.807, 2.05) is 0 Å². The molecule has 2 aromatic carbocycles. The number of hydrogen-bond acceptors (Lipinski definition) is 3. The lowest BCUT2D eigenvalue weighted by atomic mass is 10.1. The van der Waals surface area contributed by atoms with Crippen LogP contribution < -0.4 is 4.74 Å². The molecule has 0 N–H and O–H groups in total. The third-order valence-corrected chi connectivity index (χ3v) is 3.29. The summed E-state index contributed by atoms with van der Waals surface area (Å²) in [5.74, 6) is 0.389. The van der Waals surface area contributed by atoms with Crippen LogP contribution in [0.4, 0.5) is 0 Å². The van der Waals surface area contributed by atoms with E-state index < -0.39 is 6.10 Å². The molecule has 0 amide bonds. The average Bonchev–Trinajstić information content (AvgIpc) is 2.47. The number of carbonyl (C=O) groups is 2. The summed E-state index contributed by atoms with van der Waals surface area (Å²) in [7, 11) is 0. The van der Waals surface area contributed by atoms with Gasteiger partial charge >= 0.3 is 0 Å². The Morgan fingerprint density at radius 1 is 1.05 bits per heavy atom. The first kappa shape index (κ1) is 15.3. The van der Waals surface area contributed by atoms with Crippen LogP contribution in [-0.4, -0.2) is 17.7 Å². The fraction of sp³-hybridized carbons (Fsp3) is 0.176. The maximum atomic E-state index is 12.2. The number of ether oxygens (including phenoxy) is 1. The molecule has 3 nitrogen and oxygen atoms in total. The Labute approximate surface area is 128 Å². The molecule has 0 spiro atoms. The van der Waals surface area contributed by atoms with Gasteiger partial charge in [0.1, 0.15) is 5.75 Å². The Kier molecular flexibility index (Phi) is 4.76. The SMILES string of the molecule is CC(=O)c1ccc(OC(C)C(=O)c2cccc(Cl)c2)cc1. The summed E-state index contributed by atoms with van der Waals surface area (Å²) in [6.07, 6.45) is -0.633. The third-order valence-electron chi connectivity index (χ3n) is 3.05. The van der Waals surface area contributed by atoms with Crippen LogP contribution in [0.1, 0.15) is 34.6 Å². The molecule has 0 aliphatic rings. The number of Topliss-reactive ketones (excluding diaryl/α,β-unsaturated/α-hetero) is 2. The van der Waals surface area contributed by atoms with Crippen molar-refractivity contribution in [1.29, 1.82) is 0 Å². The minimum absolute atomic E-state index is 0.00963. The molecule has 0 saturated heterocycles. The van der Waals surface area contributed by atoms with Crippen LogP contribution in [0.15, 0.2) is 48.5 Å². The molecule has 2 rings (SSSR count). The van der Waals surface area contributed by atoms with Gasteiger partial charge in [-0.2, -0.15) is 0 Å². The van der Waals surface area contributed by atoms with Crippen LogP contribution >= 0.6 is 11.6 Å². The fourth-order valence-corrected chi connectivity index (χ4v) is 2.09. The molecule has 0 bridgehead atoms. The molecule has 1 unspecified atom stereocenters. The molecule has 0 saturated carbocycles. The van der Waals surface area contributed by atoms with Gasteiger partial charge in [0, 0.05) is 16.1 Å². The Morgan fingerprint density at radius 3 is 2.29 bits per heavy atom. The van der Waals surface area contributed by atoms with Crippen LogP contribution in [0.3, 0.4) is 0 Å². The zero-order valence-corrected chi connectivity index (χ0v) is 12.6. The minimum atomic E-state index is -0.633. The van der Waals surface area contributed by atoms with Crippen molar-refractivity contribution >= 4 is 23.2 Å². The second kappa shape index (κ2) is 6.55. The van der Waals surface area contributed by atoms with Gasteiger partial charge < -0.3 is 4.74 Å². The standard InChI is InChI=1S/C17H15ClO3/c1-11(19)13-6-8-16(9-7-13)21-12(2)17(20)14-4-3-5-15(18)10-14/h3-10,12H,1-2H3. The zero-order valence-electron chi connectivity index (χ0n) is 11.8. The number of benzene rings is 2. The first-order chi connectivity index (χ1) is 9.97. The van der Waals surface area contributed by atoms with Gasteiger partial charge in [-0.05, 0) is 50.2 Å². The summed E-state index contributed by atoms with van der Waals surface area (Å²) in [6.45, 7) is 3.18. The van der Waals surface area contributed by atoms with Crippen molar-refractivity contribution in [1.82, 2.24) is 0 Å². The molecule has 2 aromatic rings. The predicted molar refractivity (Wildman–Crippen MR) is 82.3 cm³/mol. The first-order valence-corrected chi connectivity index (χ1v) is 6.92. The zero-order chi connectivity index (χ0) is 15.4. The highest BCUT2D eigenvalue weighted by Crippen LogP contribution is 2.17. The van der Waals surface area contributed by atoms with E-state index in [2.05, 4.69) is 0 Å². The predicted octanol–water partition coefficient (Wildman–Crippen LogP) is 4.19. The summed E-state index contributed by atoms with van der Waals surface area (Å²) >= 11 is 5.88. The number of halogens is 1. The number of hydrogen-bond donors (Lipinski definition) is 0. The van der Waals surface area contributed by atoms with Crippen molar-refractivity contribution in [3.8, 4) is 5.75 Å². The molecular formula is C17H15ClO3. The van der Waals surface area contributed by atoms with Gasteiger partial charge in [0.05, 0.1) is 0 Å². The normalized spacial score (nSPS) is 11.8. The van der Waals surface area contributed by atoms with E-state index >= 15 is 0 Å². The van der Waals surface area contributed by atoms with Crippen molar-refractivity contribution in [3.05, 3.63) is 64.7 Å². The van der Waals surface area contributed by atoms with E-state index in [0.29, 0.717) is 21.9 Å². The Hall–Kier alpha value is -2.13. The maximum absolute atomic E-state index is 12.2. The minimum Gasteiger partial charge on any atom is -0.483 e. The molecule has 4 heteroatoms. The van der Waals surface area contributed by atoms with E-state index in [0.717, 1.165) is 0 Å². The van der Waals surface area contributed by atoms with Crippen LogP contribution in [0.5, 0.6) is 5.75 Å². The van der Waals surface area contributed by atoms with Gasteiger partial charge in [0.15, 0.2) is 11.9 Å². The van der Waals surface area contributed by atoms with Crippen molar-refractivity contribution in [2.24, 2.45) is 0 Å². The Balaban J connectivity index is 2.08. The van der Waals surface area contributed by atoms with Crippen molar-refractivity contribution in [2.75, 3.05) is 0 Å². The summed E-state index contributed by atoms with van der Waals surface area (Å²) in [5, 5.41) is 0.513. The van der Waals surface area contributed by atoms with Gasteiger partial charge in [-0.1, -0.05) is 23.7 Å². The van der Waals surface area contributed by atoms with Crippen LogP contribution in [-0.2, 0) is 0 Å². The second-order valence-electron chi connectivity index (χ2n) is 4.72. The number of ketones is 2. The van der Waals surface area contributed by atoms with Crippen LogP contribution in [0, 0.1) is 0 Å². The maximum Gasteiger partial charge on any atom is 0.203 e. The molecule has 0 radical (unpaired) electrons. The highest BCUT2D eigenvalue weighted by molar-refractivity contribution is 6.31. The summed E-state index contributed by atoms with van der Waals surface area (Å²) < 4.78 is 5.60. The summed E-state index contributed by atoms with van der Waals surface area (Å²) in [6, 6.07) is 13.5. The quantitative estimate of drug-likeness (QED) is 0.778. The monoisotopic (exact) mass is 302 g/mol. The van der Waals surface area contributed by atoms with Gasteiger partial charge in [0.25, 0.3) is 0 Å². The lowest BCUT2D eigenvalue weighted by molar-refractivity contribution is 0.0817. The number of rotatable bonds is 5. The molecule has 0 aliphatic carbocycles. The highest BCUT2D eigenvalue weighted by atomic mass is 35.5. The topological polar surface area (TPSA) is 43.4 Å². The molecule has 108 valence electrons. The summed E-state index contributed by atoms with van der Waals surface area (Å²) in [4.78, 5) is 23.4. The van der Waals surface area contributed by atoms with Crippen molar-refractivity contribution in [3.63, 3.8) is 0 Å². The van der Waals surface area contributed by atoms with E-state index in [1.165, 1.54) is 6.92 Å². The fourth-order valence-electron chi connectivity index (χ4n) is 1.90. The van der Waals surface area contributed by atoms with E-state index in [-0.39, 0.29) is 11.6 Å². The lowest BCUT2D eigenvalue weighted by Gasteiger charge is -2.14. The molecule has 0 aromatic heterocycles. The largest absolute Gasteiger partial charge is 0.483 e. The van der Waals surface area contributed by atoms with Crippen molar-refractivity contribution < 1.29 is 14.3 Å². The van der Waals surface area contributed by atoms with Crippen LogP contribution in [0.2, 0.25) is 5.02 Å². The Morgan fingerprint density at radius 2 is 1.71 bits per heavy atom. The van der Waals surface area contributed by atoms with Crippen LogP contribution in [0.25, 0.3) is 0 Å². The van der Waals surface area contributed by atoms with Gasteiger partial charge in [-0.3, -0.25) is 9.59 Å². The molecule has 21 heavy (non-hydrogen) atoms. The van der Waals surface area contributed by atoms with Gasteiger partial charge in [-0.25, -0.2) is 0 Å². The number of carbonyl (C=O) groups excluding carboxylic acids is 2. The third kappa shape index (κ3) is 3.92. The molecule has 0 heterocycles. The van der Waals surface area contributed by atoms with E-state index in [4.69, 9.17) is 16.3 Å². The molecule has 0 aliphatic heterocycles. The second-order valence-corrected chi connectivity index (χ2v) is 5.15. The first-order valence-electron chi connectivity index (χ1n) is 6.55. The molecular weight excluding hydrogens is 288 g/mol. The molecule has 1 atom stereocenters. The van der Waals surface area contributed by atoms with Gasteiger partial charge in [0.2, 0.25) is 5.78 Å². The summed E-state index contributed by atoms with van der Waals surface area (Å²) in [5.41, 5.74) is 1.12. The van der Waals surface area contributed by atoms with E-state index in [9.17, 15) is 9.59 Å². The van der Waals surface area contributed by atoms with E-state index in [1.54, 1.807) is 55.5 Å². The van der Waals surface area contributed by atoms with Gasteiger partial charge in [-0.15, -0.1) is 0 Å². The average molecular weight is 303 g/mol. The van der Waals surface area contributed by atoms with Crippen molar-refractivity contribution in [2.45, 2.75) is 20.0 Å². The lowest BCUT2D eigenvalue weighted by Crippen LogP contribution is -2.23. The highest BCUT2D eigenvalue weighted by Gasteiger charge is 2.17. The Bertz CT molecular complexity index is 662. The smallest absolute Gasteiger partial charge is 0.203 e.